The topological polar surface area (TPSA) is 37.4 Å². The Bertz CT molecular complexity index is 670. The number of halogens is 1. The minimum Gasteiger partial charge on any atom is -0.274 e. The summed E-state index contributed by atoms with van der Waals surface area (Å²) in [6.45, 7) is 0. The van der Waals surface area contributed by atoms with Gasteiger partial charge in [0.1, 0.15) is 0 Å². The summed E-state index contributed by atoms with van der Waals surface area (Å²) >= 11 is 5.89. The van der Waals surface area contributed by atoms with Crippen LogP contribution in [0.1, 0.15) is 12.8 Å². The molecule has 5 rings (SSSR count). The fraction of sp³-hybridized carbons (Fsp3) is 0.412. The fourth-order valence-corrected chi connectivity index (χ4v) is 5.05. The van der Waals surface area contributed by atoms with E-state index in [0.717, 1.165) is 0 Å². The lowest BCUT2D eigenvalue weighted by Crippen LogP contribution is -2.34. The maximum atomic E-state index is 12.8. The Morgan fingerprint density at radius 2 is 1.48 bits per heavy atom. The van der Waals surface area contributed by atoms with Gasteiger partial charge in [-0.05, 0) is 54.4 Å². The molecule has 2 bridgehead atoms. The molecule has 2 amide bonds. The van der Waals surface area contributed by atoms with E-state index in [0.29, 0.717) is 10.7 Å². The van der Waals surface area contributed by atoms with Gasteiger partial charge in [0.2, 0.25) is 11.8 Å². The highest BCUT2D eigenvalue weighted by Gasteiger charge is 2.73. The van der Waals surface area contributed by atoms with Crippen molar-refractivity contribution in [2.45, 2.75) is 12.8 Å². The third kappa shape index (κ3) is 1.27. The van der Waals surface area contributed by atoms with Gasteiger partial charge in [0.25, 0.3) is 0 Å². The van der Waals surface area contributed by atoms with Crippen LogP contribution in [0, 0.1) is 29.1 Å². The average Bonchev–Trinajstić information content (AvgIpc) is 3.07. The minimum absolute atomic E-state index is 0.0181. The second-order valence-electron chi connectivity index (χ2n) is 6.71. The van der Waals surface area contributed by atoms with Crippen LogP contribution in [0.15, 0.2) is 36.4 Å². The van der Waals surface area contributed by atoms with Crippen LogP contribution >= 0.6 is 11.6 Å². The molecule has 0 unspecified atom stereocenters. The first-order valence-corrected chi connectivity index (χ1v) is 7.83. The smallest absolute Gasteiger partial charge is 0.238 e. The molecule has 3 aliphatic carbocycles. The first kappa shape index (κ1) is 12.0. The van der Waals surface area contributed by atoms with Gasteiger partial charge in [0.05, 0.1) is 17.5 Å². The van der Waals surface area contributed by atoms with Crippen molar-refractivity contribution in [1.82, 2.24) is 0 Å². The van der Waals surface area contributed by atoms with E-state index in [4.69, 9.17) is 11.6 Å². The zero-order chi connectivity index (χ0) is 14.4. The molecule has 21 heavy (non-hydrogen) atoms. The lowest BCUT2D eigenvalue weighted by atomic mass is 9.85. The van der Waals surface area contributed by atoms with E-state index in [1.54, 1.807) is 24.3 Å². The number of nitrogens with zero attached hydrogens (tertiary/aromatic N) is 1. The number of imide groups is 1. The lowest BCUT2D eigenvalue weighted by molar-refractivity contribution is -0.123. The monoisotopic (exact) mass is 299 g/mol. The first-order valence-electron chi connectivity index (χ1n) is 7.45. The second kappa shape index (κ2) is 3.58. The molecule has 2 saturated carbocycles. The molecule has 4 aliphatic rings. The van der Waals surface area contributed by atoms with Crippen molar-refractivity contribution in [3.8, 4) is 0 Å². The number of hydrogen-bond donors (Lipinski definition) is 0. The van der Waals surface area contributed by atoms with Gasteiger partial charge in [0.15, 0.2) is 0 Å². The maximum absolute atomic E-state index is 12.8. The molecule has 1 aliphatic heterocycles. The van der Waals surface area contributed by atoms with E-state index in [1.165, 1.54) is 17.7 Å². The number of fused-ring (bicyclic) bond motifs is 3. The Balaban J connectivity index is 1.57. The van der Waals surface area contributed by atoms with Crippen molar-refractivity contribution in [1.29, 1.82) is 0 Å². The van der Waals surface area contributed by atoms with Gasteiger partial charge < -0.3 is 0 Å². The van der Waals surface area contributed by atoms with Crippen LogP contribution in [0.2, 0.25) is 5.02 Å². The Labute approximate surface area is 127 Å². The summed E-state index contributed by atoms with van der Waals surface area (Å²) in [5, 5.41) is 0.608. The third-order valence-electron chi connectivity index (χ3n) is 5.94. The molecular weight excluding hydrogens is 286 g/mol. The Kier molecular flexibility index (Phi) is 2.05. The third-order valence-corrected chi connectivity index (χ3v) is 6.19. The summed E-state index contributed by atoms with van der Waals surface area (Å²) in [7, 11) is 0. The van der Waals surface area contributed by atoms with E-state index in [2.05, 4.69) is 12.2 Å². The van der Waals surface area contributed by atoms with E-state index < -0.39 is 0 Å². The molecule has 1 aromatic rings. The first-order chi connectivity index (χ1) is 10.1. The molecule has 4 heteroatoms. The van der Waals surface area contributed by atoms with Crippen LogP contribution < -0.4 is 4.90 Å². The summed E-state index contributed by atoms with van der Waals surface area (Å²) in [5.74, 6) is 0.254. The summed E-state index contributed by atoms with van der Waals surface area (Å²) in [5.41, 5.74) is 0.903. The minimum atomic E-state index is -0.134. The molecule has 0 aromatic heterocycles. The number of hydrogen-bond acceptors (Lipinski definition) is 2. The van der Waals surface area contributed by atoms with Crippen molar-refractivity contribution in [3.05, 3.63) is 41.4 Å². The summed E-state index contributed by atoms with van der Waals surface area (Å²) in [6, 6.07) is 6.95. The molecule has 3 nitrogen and oxygen atoms in total. The van der Waals surface area contributed by atoms with Crippen molar-refractivity contribution in [2.24, 2.45) is 29.1 Å². The van der Waals surface area contributed by atoms with Gasteiger partial charge in [-0.2, -0.15) is 0 Å². The number of benzene rings is 1. The largest absolute Gasteiger partial charge is 0.274 e. The number of amides is 2. The highest BCUT2D eigenvalue weighted by Crippen LogP contribution is 2.73. The molecule has 1 aromatic carbocycles. The molecule has 1 saturated heterocycles. The quantitative estimate of drug-likeness (QED) is 0.590. The normalized spacial score (nSPS) is 37.7. The second-order valence-corrected chi connectivity index (χ2v) is 7.15. The number of rotatable bonds is 1. The molecule has 3 fully saturated rings. The molecule has 1 spiro atoms. The SMILES string of the molecule is O=C1[C@@H]2[C@@H](C(=O)N1c1ccc(Cl)cc1)[C@@H]1C=C[C@H]2C12CC2. The molecule has 106 valence electrons. The highest BCUT2D eigenvalue weighted by molar-refractivity contribution is 6.30. The van der Waals surface area contributed by atoms with Crippen molar-refractivity contribution in [3.63, 3.8) is 0 Å². The number of anilines is 1. The molecule has 0 radical (unpaired) electrons. The van der Waals surface area contributed by atoms with E-state index in [-0.39, 0.29) is 40.9 Å². The Hall–Kier alpha value is -1.61. The number of carbonyl (C=O) groups is 2. The molecule has 0 N–H and O–H groups in total. The standard InChI is InChI=1S/C17H14ClNO2/c18-9-1-3-10(4-2-9)19-15(20)13-11-5-6-12(14(13)16(19)21)17(11)7-8-17/h1-6,11-14H,7-8H2/t11-,12+,13-,14-/m0/s1. The van der Waals surface area contributed by atoms with Crippen molar-refractivity contribution in [2.75, 3.05) is 4.90 Å². The van der Waals surface area contributed by atoms with Crippen molar-refractivity contribution >= 4 is 29.1 Å². The highest BCUT2D eigenvalue weighted by atomic mass is 35.5. The number of carbonyl (C=O) groups excluding carboxylic acids is 2. The van der Waals surface area contributed by atoms with Crippen LogP contribution in [0.4, 0.5) is 5.69 Å². The van der Waals surface area contributed by atoms with E-state index in [9.17, 15) is 9.59 Å². The van der Waals surface area contributed by atoms with Gasteiger partial charge in [-0.1, -0.05) is 23.8 Å². The Morgan fingerprint density at radius 1 is 0.952 bits per heavy atom. The fourth-order valence-electron chi connectivity index (χ4n) is 4.92. The van der Waals surface area contributed by atoms with Crippen LogP contribution in [-0.4, -0.2) is 11.8 Å². The van der Waals surface area contributed by atoms with Gasteiger partial charge in [0, 0.05) is 5.02 Å². The molecule has 1 heterocycles. The predicted molar refractivity (Wildman–Crippen MR) is 78.7 cm³/mol. The predicted octanol–water partition coefficient (Wildman–Crippen LogP) is 3.04. The van der Waals surface area contributed by atoms with Crippen molar-refractivity contribution < 1.29 is 9.59 Å². The summed E-state index contributed by atoms with van der Waals surface area (Å²) in [6.07, 6.45) is 6.72. The van der Waals surface area contributed by atoms with E-state index in [1.807, 2.05) is 0 Å². The summed E-state index contributed by atoms with van der Waals surface area (Å²) in [4.78, 5) is 27.0. The van der Waals surface area contributed by atoms with Crippen LogP contribution in [-0.2, 0) is 9.59 Å². The van der Waals surface area contributed by atoms with E-state index >= 15 is 0 Å². The maximum Gasteiger partial charge on any atom is 0.238 e. The zero-order valence-electron chi connectivity index (χ0n) is 11.3. The van der Waals surface area contributed by atoms with Gasteiger partial charge in [-0.3, -0.25) is 14.5 Å². The van der Waals surface area contributed by atoms with Crippen LogP contribution in [0.25, 0.3) is 0 Å². The lowest BCUT2D eigenvalue weighted by Gasteiger charge is -2.21. The Morgan fingerprint density at radius 3 is 1.95 bits per heavy atom. The average molecular weight is 300 g/mol. The van der Waals surface area contributed by atoms with Gasteiger partial charge in [-0.15, -0.1) is 0 Å². The number of allylic oxidation sites excluding steroid dienone is 2. The molecule has 4 atom stereocenters. The van der Waals surface area contributed by atoms with Crippen LogP contribution in [0.3, 0.4) is 0 Å². The van der Waals surface area contributed by atoms with Crippen LogP contribution in [0.5, 0.6) is 0 Å². The summed E-state index contributed by atoms with van der Waals surface area (Å²) < 4.78 is 0. The zero-order valence-corrected chi connectivity index (χ0v) is 12.1. The van der Waals surface area contributed by atoms with Gasteiger partial charge in [-0.25, -0.2) is 0 Å². The molecular formula is C17H14ClNO2. The van der Waals surface area contributed by atoms with Gasteiger partial charge >= 0.3 is 0 Å².